The number of carbonyl (C=O) groups is 2. The Labute approximate surface area is 105 Å². The zero-order chi connectivity index (χ0) is 14.6. The summed E-state index contributed by atoms with van der Waals surface area (Å²) in [6.45, 7) is -0.599. The number of primary amides is 1. The lowest BCUT2D eigenvalue weighted by atomic mass is 10.2. The quantitative estimate of drug-likeness (QED) is 0.712. The van der Waals surface area contributed by atoms with Gasteiger partial charge in [0.15, 0.2) is 6.61 Å². The van der Waals surface area contributed by atoms with E-state index < -0.39 is 30.3 Å². The van der Waals surface area contributed by atoms with Gasteiger partial charge in [-0.1, -0.05) is 0 Å². The summed E-state index contributed by atoms with van der Waals surface area (Å²) < 4.78 is 41.9. The number of nitrogens with one attached hydrogen (secondary N) is 1. The molecule has 0 fully saturated rings. The second-order valence-electron chi connectivity index (χ2n) is 3.45. The molecular formula is C10H10F3N3O3. The van der Waals surface area contributed by atoms with Crippen molar-refractivity contribution in [1.82, 2.24) is 5.32 Å². The van der Waals surface area contributed by atoms with Gasteiger partial charge in [-0.05, 0) is 18.2 Å². The minimum absolute atomic E-state index is 0.104. The van der Waals surface area contributed by atoms with Gasteiger partial charge in [-0.3, -0.25) is 10.1 Å². The Balaban J connectivity index is 2.71. The fraction of sp³-hybridized carbons (Fsp3) is 0.200. The third-order valence-corrected chi connectivity index (χ3v) is 1.96. The molecule has 0 radical (unpaired) electrons. The van der Waals surface area contributed by atoms with Gasteiger partial charge in [-0.15, -0.1) is 0 Å². The van der Waals surface area contributed by atoms with Crippen molar-refractivity contribution < 1.29 is 27.5 Å². The van der Waals surface area contributed by atoms with Crippen LogP contribution in [-0.2, 0) is 11.0 Å². The second-order valence-corrected chi connectivity index (χ2v) is 3.45. The zero-order valence-corrected chi connectivity index (χ0v) is 9.45. The van der Waals surface area contributed by atoms with Gasteiger partial charge < -0.3 is 16.2 Å². The molecule has 19 heavy (non-hydrogen) atoms. The maximum Gasteiger partial charge on any atom is 0.416 e. The first-order chi connectivity index (χ1) is 8.70. The smallest absolute Gasteiger partial charge is 0.416 e. The largest absolute Gasteiger partial charge is 0.482 e. The number of amides is 3. The molecule has 0 heterocycles. The normalized spacial score (nSPS) is 10.9. The molecule has 9 heteroatoms. The van der Waals surface area contributed by atoms with Crippen molar-refractivity contribution in [3.63, 3.8) is 0 Å². The van der Waals surface area contributed by atoms with E-state index in [2.05, 4.69) is 5.73 Å². The van der Waals surface area contributed by atoms with Crippen molar-refractivity contribution in [1.29, 1.82) is 0 Å². The molecule has 1 aromatic carbocycles. The zero-order valence-electron chi connectivity index (χ0n) is 9.45. The minimum Gasteiger partial charge on any atom is -0.482 e. The van der Waals surface area contributed by atoms with E-state index in [4.69, 9.17) is 10.5 Å². The van der Waals surface area contributed by atoms with Gasteiger partial charge in [-0.2, -0.15) is 13.2 Å². The molecule has 0 unspecified atom stereocenters. The van der Waals surface area contributed by atoms with Gasteiger partial charge in [0.25, 0.3) is 5.91 Å². The number of anilines is 1. The van der Waals surface area contributed by atoms with Crippen molar-refractivity contribution in [2.24, 2.45) is 5.73 Å². The molecule has 6 nitrogen and oxygen atoms in total. The number of benzene rings is 1. The Bertz CT molecular complexity index is 503. The third kappa shape index (κ3) is 4.37. The van der Waals surface area contributed by atoms with E-state index in [-0.39, 0.29) is 11.4 Å². The summed E-state index contributed by atoms with van der Waals surface area (Å²) in [7, 11) is 0. The Morgan fingerprint density at radius 2 is 1.95 bits per heavy atom. The lowest BCUT2D eigenvalue weighted by Gasteiger charge is -2.11. The van der Waals surface area contributed by atoms with Crippen molar-refractivity contribution in [2.75, 3.05) is 12.3 Å². The topological polar surface area (TPSA) is 107 Å². The summed E-state index contributed by atoms with van der Waals surface area (Å²) in [5.41, 5.74) is 8.83. The van der Waals surface area contributed by atoms with E-state index in [1.165, 1.54) is 0 Å². The molecule has 104 valence electrons. The average molecular weight is 277 g/mol. The number of halogens is 3. The highest BCUT2D eigenvalue weighted by atomic mass is 19.4. The molecule has 5 N–H and O–H groups in total. The number of alkyl halides is 3. The first kappa shape index (κ1) is 14.6. The molecule has 3 amide bonds. The maximum atomic E-state index is 12.3. The average Bonchev–Trinajstić information content (AvgIpc) is 2.25. The maximum absolute atomic E-state index is 12.3. The van der Waals surface area contributed by atoms with Crippen molar-refractivity contribution in [3.05, 3.63) is 23.8 Å². The van der Waals surface area contributed by atoms with Crippen LogP contribution in [0, 0.1) is 0 Å². The number of hydrogen-bond acceptors (Lipinski definition) is 4. The first-order valence-electron chi connectivity index (χ1n) is 4.89. The van der Waals surface area contributed by atoms with E-state index in [1.54, 1.807) is 5.32 Å². The molecule has 0 saturated heterocycles. The van der Waals surface area contributed by atoms with Gasteiger partial charge >= 0.3 is 12.2 Å². The van der Waals surface area contributed by atoms with E-state index in [0.29, 0.717) is 6.07 Å². The first-order valence-corrected chi connectivity index (χ1v) is 4.89. The lowest BCUT2D eigenvalue weighted by Crippen LogP contribution is -2.38. The Kier molecular flexibility index (Phi) is 4.20. The number of carbonyl (C=O) groups excluding carboxylic acids is 2. The van der Waals surface area contributed by atoms with Gasteiger partial charge in [-0.25, -0.2) is 4.79 Å². The molecule has 0 atom stereocenters. The molecule has 0 aliphatic heterocycles. The van der Waals surface area contributed by atoms with Crippen molar-refractivity contribution in [3.8, 4) is 5.75 Å². The van der Waals surface area contributed by atoms with Crippen molar-refractivity contribution >= 4 is 17.6 Å². The van der Waals surface area contributed by atoms with Gasteiger partial charge in [0, 0.05) is 0 Å². The molecule has 0 aliphatic rings. The number of hydrogen-bond donors (Lipinski definition) is 3. The van der Waals surface area contributed by atoms with Crippen LogP contribution in [0.1, 0.15) is 5.56 Å². The molecule has 1 aromatic rings. The molecule has 0 saturated carbocycles. The predicted octanol–water partition coefficient (Wildman–Crippen LogP) is 0.861. The molecule has 0 aliphatic carbocycles. The highest BCUT2D eigenvalue weighted by Crippen LogP contribution is 2.33. The van der Waals surface area contributed by atoms with Crippen LogP contribution >= 0.6 is 0 Å². The summed E-state index contributed by atoms with van der Waals surface area (Å²) in [6, 6.07) is 1.36. The highest BCUT2D eigenvalue weighted by molar-refractivity contribution is 5.94. The summed E-state index contributed by atoms with van der Waals surface area (Å²) in [4.78, 5) is 21.3. The van der Waals surface area contributed by atoms with Gasteiger partial charge in [0.05, 0.1) is 11.3 Å². The summed E-state index contributed by atoms with van der Waals surface area (Å²) in [5.74, 6) is -0.945. The molecule has 1 rings (SSSR count). The second kappa shape index (κ2) is 5.46. The van der Waals surface area contributed by atoms with E-state index in [9.17, 15) is 22.8 Å². The Hall–Kier alpha value is -2.45. The SMILES string of the molecule is NC(=O)NC(=O)COc1ccc(C(F)(F)F)cc1N. The van der Waals surface area contributed by atoms with Crippen LogP contribution in [0.25, 0.3) is 0 Å². The Morgan fingerprint density at radius 1 is 1.32 bits per heavy atom. The number of ether oxygens (including phenoxy) is 1. The summed E-state index contributed by atoms with van der Waals surface area (Å²) in [5, 5.41) is 1.72. The van der Waals surface area contributed by atoms with Crippen LogP contribution in [0.15, 0.2) is 18.2 Å². The summed E-state index contributed by atoms with van der Waals surface area (Å²) in [6.07, 6.45) is -4.52. The fourth-order valence-electron chi connectivity index (χ4n) is 1.17. The third-order valence-electron chi connectivity index (χ3n) is 1.96. The standard InChI is InChI=1S/C10H10F3N3O3/c11-10(12,13)5-1-2-7(6(14)3-5)19-4-8(17)16-9(15)18/h1-3H,4,14H2,(H3,15,16,17,18). The Morgan fingerprint density at radius 3 is 2.42 bits per heavy atom. The number of nitrogen functional groups attached to an aromatic ring is 1. The molecular weight excluding hydrogens is 267 g/mol. The monoisotopic (exact) mass is 277 g/mol. The van der Waals surface area contributed by atoms with Crippen LogP contribution in [0.4, 0.5) is 23.7 Å². The molecule has 0 bridgehead atoms. The van der Waals surface area contributed by atoms with Gasteiger partial charge in [0.1, 0.15) is 5.75 Å². The van der Waals surface area contributed by atoms with Crippen LogP contribution in [0.2, 0.25) is 0 Å². The van der Waals surface area contributed by atoms with Crippen LogP contribution < -0.4 is 21.5 Å². The minimum atomic E-state index is -4.52. The number of nitrogens with two attached hydrogens (primary N) is 2. The van der Waals surface area contributed by atoms with Gasteiger partial charge in [0.2, 0.25) is 0 Å². The van der Waals surface area contributed by atoms with E-state index in [1.807, 2.05) is 0 Å². The van der Waals surface area contributed by atoms with E-state index >= 15 is 0 Å². The fourth-order valence-corrected chi connectivity index (χ4v) is 1.17. The molecule has 0 aromatic heterocycles. The predicted molar refractivity (Wildman–Crippen MR) is 59.1 cm³/mol. The summed E-state index contributed by atoms with van der Waals surface area (Å²) >= 11 is 0. The number of urea groups is 1. The van der Waals surface area contributed by atoms with Crippen LogP contribution in [0.3, 0.4) is 0 Å². The van der Waals surface area contributed by atoms with Crippen LogP contribution in [0.5, 0.6) is 5.75 Å². The van der Waals surface area contributed by atoms with Crippen LogP contribution in [-0.4, -0.2) is 18.5 Å². The number of imide groups is 1. The lowest BCUT2D eigenvalue weighted by molar-refractivity contribution is -0.137. The van der Waals surface area contributed by atoms with Crippen molar-refractivity contribution in [2.45, 2.75) is 6.18 Å². The molecule has 0 spiro atoms. The number of rotatable bonds is 3. The highest BCUT2D eigenvalue weighted by Gasteiger charge is 2.30. The van der Waals surface area contributed by atoms with E-state index in [0.717, 1.165) is 12.1 Å².